The highest BCUT2D eigenvalue weighted by Crippen LogP contribution is 2.31. The molecule has 7 heteroatoms. The van der Waals surface area contributed by atoms with Crippen molar-refractivity contribution in [2.24, 2.45) is 0 Å². The highest BCUT2D eigenvalue weighted by Gasteiger charge is 2.30. The molecule has 2 heterocycles. The van der Waals surface area contributed by atoms with E-state index in [1.54, 1.807) is 18.0 Å². The molecule has 0 bridgehead atoms. The summed E-state index contributed by atoms with van der Waals surface area (Å²) in [5, 5.41) is 4.61. The van der Waals surface area contributed by atoms with Gasteiger partial charge in [0.15, 0.2) is 0 Å². The summed E-state index contributed by atoms with van der Waals surface area (Å²) in [5.74, 6) is 0.894. The molecule has 1 amide bonds. The smallest absolute Gasteiger partial charge is 0.244 e. The summed E-state index contributed by atoms with van der Waals surface area (Å²) < 4.78 is 7.05. The first-order chi connectivity index (χ1) is 11.6. The van der Waals surface area contributed by atoms with Crippen molar-refractivity contribution in [3.63, 3.8) is 0 Å². The predicted molar refractivity (Wildman–Crippen MR) is 92.2 cm³/mol. The number of carbonyl (C=O) groups is 1. The van der Waals surface area contributed by atoms with E-state index in [1.807, 2.05) is 23.1 Å². The number of nitrogens with zero attached hydrogens (tertiary/aromatic N) is 4. The molecule has 1 aromatic heterocycles. The summed E-state index contributed by atoms with van der Waals surface area (Å²) in [5.41, 5.74) is 1.10. The van der Waals surface area contributed by atoms with Crippen molar-refractivity contribution in [1.82, 2.24) is 19.6 Å². The molecule has 2 aromatic rings. The number of rotatable bonds is 4. The van der Waals surface area contributed by atoms with Crippen LogP contribution in [0.4, 0.5) is 0 Å². The number of para-hydroxylation sites is 1. The van der Waals surface area contributed by atoms with Gasteiger partial charge in [-0.2, -0.15) is 5.10 Å². The summed E-state index contributed by atoms with van der Waals surface area (Å²) in [7, 11) is 3.75. The number of carbonyl (C=O) groups excluding carboxylic acids is 1. The number of hydrogen-bond acceptors (Lipinski definition) is 4. The molecule has 6 nitrogen and oxygen atoms in total. The van der Waals surface area contributed by atoms with Crippen LogP contribution in [0.2, 0.25) is 5.02 Å². The lowest BCUT2D eigenvalue weighted by Crippen LogP contribution is -2.49. The molecule has 24 heavy (non-hydrogen) atoms. The summed E-state index contributed by atoms with van der Waals surface area (Å²) in [4.78, 5) is 16.7. The normalized spacial score (nSPS) is 18.6. The van der Waals surface area contributed by atoms with Gasteiger partial charge < -0.3 is 9.64 Å². The van der Waals surface area contributed by atoms with Crippen LogP contribution in [0.1, 0.15) is 11.6 Å². The third-order valence-electron chi connectivity index (χ3n) is 4.40. The molecule has 1 aliphatic rings. The first-order valence-corrected chi connectivity index (χ1v) is 8.25. The van der Waals surface area contributed by atoms with Crippen LogP contribution in [0.15, 0.2) is 36.7 Å². The van der Waals surface area contributed by atoms with Gasteiger partial charge in [0.25, 0.3) is 0 Å². The predicted octanol–water partition coefficient (Wildman–Crippen LogP) is 2.06. The summed E-state index contributed by atoms with van der Waals surface area (Å²) >= 11 is 5.86. The number of benzene rings is 1. The minimum atomic E-state index is 0.0442. The van der Waals surface area contributed by atoms with E-state index in [2.05, 4.69) is 23.1 Å². The van der Waals surface area contributed by atoms with Crippen molar-refractivity contribution in [2.75, 3.05) is 33.8 Å². The molecule has 0 saturated carbocycles. The number of likely N-dealkylation sites (N-methyl/N-ethyl adjacent to an activating group) is 1. The third kappa shape index (κ3) is 3.55. The highest BCUT2D eigenvalue weighted by atomic mass is 35.5. The average molecular weight is 349 g/mol. The van der Waals surface area contributed by atoms with Crippen LogP contribution in [-0.2, 0) is 11.3 Å². The van der Waals surface area contributed by atoms with Crippen molar-refractivity contribution in [3.8, 4) is 5.75 Å². The maximum absolute atomic E-state index is 12.6. The fourth-order valence-corrected chi connectivity index (χ4v) is 3.20. The molecule has 0 radical (unpaired) electrons. The molecule has 1 atom stereocenters. The van der Waals surface area contributed by atoms with E-state index in [4.69, 9.17) is 16.3 Å². The second-order valence-electron chi connectivity index (χ2n) is 5.93. The van der Waals surface area contributed by atoms with Gasteiger partial charge in [0.1, 0.15) is 12.3 Å². The van der Waals surface area contributed by atoms with Crippen LogP contribution in [0.5, 0.6) is 5.75 Å². The standard InChI is InChI=1S/C17H21ClN4O2/c1-20-7-8-21(17(23)12-22-10-13(18)9-19-22)11-15(20)14-5-3-4-6-16(14)24-2/h3-6,9-10,15H,7-8,11-12H2,1-2H3. The maximum atomic E-state index is 12.6. The molecular formula is C17H21ClN4O2. The number of amides is 1. The van der Waals surface area contributed by atoms with Crippen molar-refractivity contribution in [2.45, 2.75) is 12.6 Å². The Morgan fingerprint density at radius 3 is 2.88 bits per heavy atom. The van der Waals surface area contributed by atoms with Gasteiger partial charge >= 0.3 is 0 Å². The monoisotopic (exact) mass is 348 g/mol. The van der Waals surface area contributed by atoms with Crippen molar-refractivity contribution in [1.29, 1.82) is 0 Å². The van der Waals surface area contributed by atoms with Gasteiger partial charge in [0.05, 0.1) is 24.4 Å². The fraction of sp³-hybridized carbons (Fsp3) is 0.412. The number of ether oxygens (including phenoxy) is 1. The quantitative estimate of drug-likeness (QED) is 0.848. The summed E-state index contributed by atoms with van der Waals surface area (Å²) in [6.45, 7) is 2.35. The van der Waals surface area contributed by atoms with Gasteiger partial charge in [0.2, 0.25) is 5.91 Å². The molecule has 1 unspecified atom stereocenters. The lowest BCUT2D eigenvalue weighted by Gasteiger charge is -2.40. The zero-order chi connectivity index (χ0) is 17.1. The zero-order valence-electron chi connectivity index (χ0n) is 13.9. The summed E-state index contributed by atoms with van der Waals surface area (Å²) in [6, 6.07) is 8.07. The van der Waals surface area contributed by atoms with Gasteiger partial charge in [0, 0.05) is 31.4 Å². The van der Waals surface area contributed by atoms with Crippen molar-refractivity contribution >= 4 is 17.5 Å². The van der Waals surface area contributed by atoms with Gasteiger partial charge in [-0.15, -0.1) is 0 Å². The van der Waals surface area contributed by atoms with E-state index < -0.39 is 0 Å². The fourth-order valence-electron chi connectivity index (χ4n) is 3.04. The molecule has 128 valence electrons. The molecule has 1 fully saturated rings. The third-order valence-corrected chi connectivity index (χ3v) is 4.59. The average Bonchev–Trinajstić information content (AvgIpc) is 3.00. The number of halogens is 1. The van der Waals surface area contributed by atoms with Crippen LogP contribution < -0.4 is 4.74 Å². The Hall–Kier alpha value is -2.05. The van der Waals surface area contributed by atoms with Crippen LogP contribution in [0.25, 0.3) is 0 Å². The first-order valence-electron chi connectivity index (χ1n) is 7.87. The molecule has 0 spiro atoms. The van der Waals surface area contributed by atoms with Crippen LogP contribution in [-0.4, -0.2) is 59.3 Å². The van der Waals surface area contributed by atoms with Crippen LogP contribution in [0.3, 0.4) is 0 Å². The lowest BCUT2D eigenvalue weighted by atomic mass is 10.0. The van der Waals surface area contributed by atoms with E-state index in [1.165, 1.54) is 6.20 Å². The molecule has 0 N–H and O–H groups in total. The molecule has 1 saturated heterocycles. The Balaban J connectivity index is 1.74. The number of piperazine rings is 1. The van der Waals surface area contributed by atoms with Gasteiger partial charge in [-0.3, -0.25) is 14.4 Å². The van der Waals surface area contributed by atoms with E-state index >= 15 is 0 Å². The number of aromatic nitrogens is 2. The number of methoxy groups -OCH3 is 1. The molecule has 0 aliphatic carbocycles. The largest absolute Gasteiger partial charge is 0.496 e. The summed E-state index contributed by atoms with van der Waals surface area (Å²) in [6.07, 6.45) is 3.20. The SMILES string of the molecule is COc1ccccc1C1CN(C(=O)Cn2cc(Cl)cn2)CCN1C. The second-order valence-corrected chi connectivity index (χ2v) is 6.37. The minimum Gasteiger partial charge on any atom is -0.496 e. The Labute approximate surface area is 146 Å². The van der Waals surface area contributed by atoms with Gasteiger partial charge in [-0.05, 0) is 13.1 Å². The van der Waals surface area contributed by atoms with Crippen LogP contribution in [0, 0.1) is 0 Å². The Morgan fingerprint density at radius 2 is 2.17 bits per heavy atom. The van der Waals surface area contributed by atoms with E-state index in [-0.39, 0.29) is 18.5 Å². The Kier molecular flexibility index (Phi) is 5.06. The van der Waals surface area contributed by atoms with Gasteiger partial charge in [-0.25, -0.2) is 0 Å². The number of hydrogen-bond donors (Lipinski definition) is 0. The molecule has 1 aromatic carbocycles. The molecule has 1 aliphatic heterocycles. The van der Waals surface area contributed by atoms with E-state index in [0.717, 1.165) is 17.9 Å². The highest BCUT2D eigenvalue weighted by molar-refractivity contribution is 6.30. The van der Waals surface area contributed by atoms with E-state index in [0.29, 0.717) is 18.1 Å². The maximum Gasteiger partial charge on any atom is 0.244 e. The first kappa shape index (κ1) is 16.8. The van der Waals surface area contributed by atoms with Crippen molar-refractivity contribution in [3.05, 3.63) is 47.2 Å². The Bertz CT molecular complexity index is 718. The molecule has 3 rings (SSSR count). The van der Waals surface area contributed by atoms with Crippen LogP contribution >= 0.6 is 11.6 Å². The van der Waals surface area contributed by atoms with Gasteiger partial charge in [-0.1, -0.05) is 29.8 Å². The zero-order valence-corrected chi connectivity index (χ0v) is 14.6. The topological polar surface area (TPSA) is 50.6 Å². The lowest BCUT2D eigenvalue weighted by molar-refractivity contribution is -0.134. The van der Waals surface area contributed by atoms with E-state index in [9.17, 15) is 4.79 Å². The Morgan fingerprint density at radius 1 is 1.38 bits per heavy atom. The second kappa shape index (κ2) is 7.23. The van der Waals surface area contributed by atoms with Crippen molar-refractivity contribution < 1.29 is 9.53 Å². The molecular weight excluding hydrogens is 328 g/mol. The minimum absolute atomic E-state index is 0.0442.